The highest BCUT2D eigenvalue weighted by Crippen LogP contribution is 2.33. The second kappa shape index (κ2) is 3.90. The van der Waals surface area contributed by atoms with Gasteiger partial charge in [0, 0.05) is 6.20 Å². The maximum Gasteiger partial charge on any atom is 0.419 e. The lowest BCUT2D eigenvalue weighted by molar-refractivity contribution is -0.137. The third-order valence-corrected chi connectivity index (χ3v) is 2.39. The average Bonchev–Trinajstić information content (AvgIpc) is 2.54. The van der Waals surface area contributed by atoms with E-state index in [2.05, 4.69) is 4.98 Å². The number of anilines is 1. The summed E-state index contributed by atoms with van der Waals surface area (Å²) in [6.07, 6.45) is -3.79. The summed E-state index contributed by atoms with van der Waals surface area (Å²) in [6.45, 7) is 0. The second-order valence-electron chi connectivity index (χ2n) is 3.63. The van der Waals surface area contributed by atoms with E-state index in [1.165, 1.54) is 12.3 Å². The van der Waals surface area contributed by atoms with Crippen molar-refractivity contribution < 1.29 is 23.1 Å². The van der Waals surface area contributed by atoms with Crippen molar-refractivity contribution >= 4 is 17.4 Å². The molecule has 0 spiro atoms. The summed E-state index contributed by atoms with van der Waals surface area (Å²) in [5.74, 6) is -1.31. The summed E-state index contributed by atoms with van der Waals surface area (Å²) in [5, 5.41) is 8.62. The predicted molar refractivity (Wildman–Crippen MR) is 55.9 cm³/mol. The Hall–Kier alpha value is -2.25. The van der Waals surface area contributed by atoms with Crippen LogP contribution in [0.1, 0.15) is 11.3 Å². The van der Waals surface area contributed by atoms with Gasteiger partial charge in [0.05, 0.1) is 17.7 Å². The van der Waals surface area contributed by atoms with Crippen molar-refractivity contribution in [2.45, 2.75) is 12.6 Å². The first-order valence-corrected chi connectivity index (χ1v) is 4.85. The second-order valence-corrected chi connectivity index (χ2v) is 3.63. The van der Waals surface area contributed by atoms with Gasteiger partial charge < -0.3 is 10.8 Å². The van der Waals surface area contributed by atoms with Crippen molar-refractivity contribution in [1.29, 1.82) is 0 Å². The third-order valence-electron chi connectivity index (χ3n) is 2.39. The minimum atomic E-state index is -4.57. The number of alkyl halides is 3. The molecular weight excluding hydrogens is 251 g/mol. The molecule has 5 nitrogen and oxygen atoms in total. The van der Waals surface area contributed by atoms with Crippen LogP contribution in [0.5, 0.6) is 0 Å². The van der Waals surface area contributed by atoms with Gasteiger partial charge in [-0.3, -0.25) is 9.20 Å². The Morgan fingerprint density at radius 3 is 2.72 bits per heavy atom. The van der Waals surface area contributed by atoms with Crippen LogP contribution < -0.4 is 5.73 Å². The molecule has 0 aliphatic carbocycles. The molecule has 0 atom stereocenters. The van der Waals surface area contributed by atoms with E-state index in [0.29, 0.717) is 0 Å². The summed E-state index contributed by atoms with van der Waals surface area (Å²) >= 11 is 0. The number of hydrogen-bond acceptors (Lipinski definition) is 3. The first-order valence-electron chi connectivity index (χ1n) is 4.85. The minimum Gasteiger partial charge on any atom is -0.481 e. The van der Waals surface area contributed by atoms with Crippen molar-refractivity contribution in [1.82, 2.24) is 9.38 Å². The average molecular weight is 259 g/mol. The SMILES string of the molecule is Nc1c(CC(=O)O)nc2c(C(F)(F)F)cccn12. The number of aliphatic carboxylic acids is 1. The largest absolute Gasteiger partial charge is 0.481 e. The number of pyridine rings is 1. The zero-order valence-electron chi connectivity index (χ0n) is 8.90. The summed E-state index contributed by atoms with van der Waals surface area (Å²) in [7, 11) is 0. The first-order chi connectivity index (χ1) is 8.30. The van der Waals surface area contributed by atoms with Gasteiger partial charge in [-0.2, -0.15) is 13.2 Å². The molecule has 96 valence electrons. The van der Waals surface area contributed by atoms with Gasteiger partial charge in [0.2, 0.25) is 0 Å². The quantitative estimate of drug-likeness (QED) is 0.857. The van der Waals surface area contributed by atoms with Crippen molar-refractivity contribution in [2.75, 3.05) is 5.73 Å². The predicted octanol–water partition coefficient (Wildman–Crippen LogP) is 1.56. The number of fused-ring (bicyclic) bond motifs is 1. The molecule has 0 aliphatic rings. The molecule has 0 saturated carbocycles. The topological polar surface area (TPSA) is 80.6 Å². The molecule has 2 aromatic heterocycles. The molecule has 2 heterocycles. The number of carboxylic acid groups (broad SMARTS) is 1. The monoisotopic (exact) mass is 259 g/mol. The lowest BCUT2D eigenvalue weighted by Crippen LogP contribution is -2.07. The molecule has 0 unspecified atom stereocenters. The van der Waals surface area contributed by atoms with Crippen molar-refractivity contribution in [3.63, 3.8) is 0 Å². The van der Waals surface area contributed by atoms with Gasteiger partial charge in [0.1, 0.15) is 5.82 Å². The zero-order chi connectivity index (χ0) is 13.5. The summed E-state index contributed by atoms with van der Waals surface area (Å²) in [4.78, 5) is 14.2. The van der Waals surface area contributed by atoms with Crippen molar-refractivity contribution in [2.24, 2.45) is 0 Å². The smallest absolute Gasteiger partial charge is 0.419 e. The van der Waals surface area contributed by atoms with Gasteiger partial charge >= 0.3 is 12.1 Å². The maximum absolute atomic E-state index is 12.7. The number of nitrogen functional groups attached to an aromatic ring is 1. The van der Waals surface area contributed by atoms with E-state index in [4.69, 9.17) is 10.8 Å². The maximum atomic E-state index is 12.7. The minimum absolute atomic E-state index is 0.0841. The van der Waals surface area contributed by atoms with Crippen LogP contribution in [-0.4, -0.2) is 20.5 Å². The molecule has 0 saturated heterocycles. The van der Waals surface area contributed by atoms with Gasteiger partial charge in [-0.05, 0) is 12.1 Å². The molecule has 2 aromatic rings. The van der Waals surface area contributed by atoms with E-state index in [1.54, 1.807) is 0 Å². The number of aromatic nitrogens is 2. The summed E-state index contributed by atoms with van der Waals surface area (Å²) < 4.78 is 39.2. The molecule has 2 rings (SSSR count). The Morgan fingerprint density at radius 2 is 2.17 bits per heavy atom. The fourth-order valence-electron chi connectivity index (χ4n) is 1.63. The van der Waals surface area contributed by atoms with Crippen LogP contribution in [-0.2, 0) is 17.4 Å². The number of carboxylic acids is 1. The summed E-state index contributed by atoms with van der Waals surface area (Å²) in [5.41, 5.74) is 4.14. The molecular formula is C10H8F3N3O2. The molecule has 0 fully saturated rings. The van der Waals surface area contributed by atoms with Crippen LogP contribution in [0.3, 0.4) is 0 Å². The van der Waals surface area contributed by atoms with Crippen molar-refractivity contribution in [3.8, 4) is 0 Å². The van der Waals surface area contributed by atoms with Gasteiger partial charge in [-0.15, -0.1) is 0 Å². The number of nitrogens with two attached hydrogens (primary N) is 1. The Bertz CT molecular complexity index is 619. The Labute approximate surface area is 98.7 Å². The lowest BCUT2D eigenvalue weighted by atomic mass is 10.2. The molecule has 0 amide bonds. The van der Waals surface area contributed by atoms with Gasteiger partial charge in [0.25, 0.3) is 0 Å². The molecule has 18 heavy (non-hydrogen) atoms. The Balaban J connectivity index is 2.68. The number of rotatable bonds is 2. The zero-order valence-corrected chi connectivity index (χ0v) is 8.90. The molecule has 0 bridgehead atoms. The van der Waals surface area contributed by atoms with E-state index < -0.39 is 29.8 Å². The standard InChI is InChI=1S/C10H8F3N3O2/c11-10(12,13)5-2-1-3-16-8(14)6(4-7(17)18)15-9(5)16/h1-3H,4,14H2,(H,17,18). The highest BCUT2D eigenvalue weighted by Gasteiger charge is 2.34. The number of hydrogen-bond donors (Lipinski definition) is 2. The van der Waals surface area contributed by atoms with Crippen LogP contribution in [0.25, 0.3) is 5.65 Å². The number of carbonyl (C=O) groups is 1. The van der Waals surface area contributed by atoms with Crippen molar-refractivity contribution in [3.05, 3.63) is 29.6 Å². The number of imidazole rings is 1. The number of halogens is 3. The van der Waals surface area contributed by atoms with E-state index in [1.807, 2.05) is 0 Å². The van der Waals surface area contributed by atoms with Crippen LogP contribution in [0.15, 0.2) is 18.3 Å². The highest BCUT2D eigenvalue weighted by molar-refractivity contribution is 5.73. The van der Waals surface area contributed by atoms with Crippen LogP contribution in [0, 0.1) is 0 Å². The van der Waals surface area contributed by atoms with E-state index in [-0.39, 0.29) is 11.5 Å². The fraction of sp³-hybridized carbons (Fsp3) is 0.200. The summed E-state index contributed by atoms with van der Waals surface area (Å²) in [6, 6.07) is 2.05. The van der Waals surface area contributed by atoms with E-state index in [0.717, 1.165) is 10.5 Å². The molecule has 8 heteroatoms. The fourth-order valence-corrected chi connectivity index (χ4v) is 1.63. The molecule has 0 aliphatic heterocycles. The highest BCUT2D eigenvalue weighted by atomic mass is 19.4. The van der Waals surface area contributed by atoms with Crippen LogP contribution in [0.2, 0.25) is 0 Å². The van der Waals surface area contributed by atoms with Gasteiger partial charge in [-0.25, -0.2) is 4.98 Å². The normalized spacial score (nSPS) is 11.9. The third kappa shape index (κ3) is 1.96. The van der Waals surface area contributed by atoms with Gasteiger partial charge in [0.15, 0.2) is 5.65 Å². The molecule has 3 N–H and O–H groups in total. The lowest BCUT2D eigenvalue weighted by Gasteiger charge is -2.07. The Morgan fingerprint density at radius 1 is 1.50 bits per heavy atom. The molecule has 0 radical (unpaired) electrons. The van der Waals surface area contributed by atoms with E-state index >= 15 is 0 Å². The first kappa shape index (κ1) is 12.2. The van der Waals surface area contributed by atoms with E-state index in [9.17, 15) is 18.0 Å². The Kier molecular flexibility index (Phi) is 2.64. The number of nitrogens with zero attached hydrogens (tertiary/aromatic N) is 2. The molecule has 0 aromatic carbocycles. The van der Waals surface area contributed by atoms with Crippen LogP contribution >= 0.6 is 0 Å². The van der Waals surface area contributed by atoms with Crippen LogP contribution in [0.4, 0.5) is 19.0 Å². The van der Waals surface area contributed by atoms with Gasteiger partial charge in [-0.1, -0.05) is 0 Å².